The molecule has 0 spiro atoms. The van der Waals surface area contributed by atoms with E-state index in [2.05, 4.69) is 76.2 Å². The van der Waals surface area contributed by atoms with Crippen molar-refractivity contribution in [2.24, 2.45) is 0 Å². The van der Waals surface area contributed by atoms with E-state index in [0.29, 0.717) is 19.8 Å². The summed E-state index contributed by atoms with van der Waals surface area (Å²) in [6.45, 7) is 9.59. The number of aliphatic hydroxyl groups excluding tert-OH is 1. The van der Waals surface area contributed by atoms with Crippen molar-refractivity contribution in [3.63, 3.8) is 0 Å². The first-order chi connectivity index (χ1) is 22.9. The van der Waals surface area contributed by atoms with Crippen molar-refractivity contribution >= 4 is 20.7 Å². The van der Waals surface area contributed by atoms with Crippen molar-refractivity contribution in [1.82, 2.24) is 0 Å². The Kier molecular flexibility index (Phi) is 12.2. The van der Waals surface area contributed by atoms with E-state index in [1.165, 1.54) is 5.56 Å². The Labute approximate surface area is 287 Å². The van der Waals surface area contributed by atoms with Crippen LogP contribution in [0.15, 0.2) is 115 Å². The highest BCUT2D eigenvalue weighted by molar-refractivity contribution is 7.84. The molecule has 1 N–H and O–H groups in total. The lowest BCUT2D eigenvalue weighted by Gasteiger charge is -2.63. The van der Waals surface area contributed by atoms with E-state index >= 15 is 0 Å². The summed E-state index contributed by atoms with van der Waals surface area (Å²) in [6, 6.07) is 41.8. The monoisotopic (exact) mass is 670 g/mol. The summed E-state index contributed by atoms with van der Waals surface area (Å²) in [6.07, 6.45) is -2.03. The van der Waals surface area contributed by atoms with Crippen LogP contribution in [0.5, 0.6) is 0 Å². The third-order valence-corrected chi connectivity index (χ3v) is 18.0. The van der Waals surface area contributed by atoms with Gasteiger partial charge in [0.05, 0.1) is 26.4 Å². The zero-order valence-corrected chi connectivity index (χ0v) is 30.1. The summed E-state index contributed by atoms with van der Waals surface area (Å²) in [5.41, 5.74) is 4.03. The molecule has 1 aliphatic rings. The van der Waals surface area contributed by atoms with Crippen LogP contribution in [-0.4, -0.2) is 42.7 Å². The molecule has 1 fully saturated rings. The fourth-order valence-electron chi connectivity index (χ4n) is 7.25. The highest BCUT2D eigenvalue weighted by Crippen LogP contribution is 2.58. The van der Waals surface area contributed by atoms with Gasteiger partial charge >= 0.3 is 0 Å². The second-order valence-corrected chi connectivity index (χ2v) is 19.1. The van der Waals surface area contributed by atoms with Crippen molar-refractivity contribution in [3.8, 4) is 0 Å². The summed E-state index contributed by atoms with van der Waals surface area (Å²) in [7, 11) is -2.46. The number of rotatable bonds is 15. The second-order valence-electron chi connectivity index (χ2n) is 12.7. The molecule has 4 aromatic carbocycles. The molecule has 47 heavy (non-hydrogen) atoms. The van der Waals surface area contributed by atoms with Gasteiger partial charge in [0.25, 0.3) is 0 Å². The summed E-state index contributed by atoms with van der Waals surface area (Å²) >= 11 is 5.73. The Morgan fingerprint density at radius 1 is 0.681 bits per heavy atom. The van der Waals surface area contributed by atoms with Gasteiger partial charge in [0.15, 0.2) is 5.60 Å². The van der Waals surface area contributed by atoms with Crippen molar-refractivity contribution in [2.45, 2.75) is 94.1 Å². The standard InChI is InChI=1S/C40H50O5SSi/c1-5-47(6-2,7-3)40(46)39(35-21-15-10-16-22-35,44-30-34-25-23-31(4)24-26-34)38(43-29-33-19-13-9-14-20-33)37(36(27-41)45-40)42-28-32-17-11-8-12-18-32/h8-26,36-38,41,46H,5-7,27-30H2,1-4H3/t36-,37-,38+,39-,40-/m1/s1. The van der Waals surface area contributed by atoms with Crippen LogP contribution in [0.1, 0.15) is 48.6 Å². The minimum Gasteiger partial charge on any atom is -0.394 e. The quantitative estimate of drug-likeness (QED) is 0.0980. The van der Waals surface area contributed by atoms with E-state index in [1.54, 1.807) is 0 Å². The van der Waals surface area contributed by atoms with E-state index in [0.717, 1.165) is 40.4 Å². The lowest BCUT2D eigenvalue weighted by atomic mass is 9.80. The Morgan fingerprint density at radius 3 is 1.68 bits per heavy atom. The molecule has 1 heterocycles. The van der Waals surface area contributed by atoms with Gasteiger partial charge in [-0.15, -0.1) is 12.6 Å². The summed E-state index contributed by atoms with van der Waals surface area (Å²) in [5, 5.41) is 11.0. The van der Waals surface area contributed by atoms with E-state index in [-0.39, 0.29) is 6.61 Å². The van der Waals surface area contributed by atoms with E-state index < -0.39 is 36.5 Å². The highest BCUT2D eigenvalue weighted by Gasteiger charge is 2.72. The maximum absolute atomic E-state index is 11.0. The van der Waals surface area contributed by atoms with Crippen LogP contribution in [0, 0.1) is 6.92 Å². The zero-order valence-electron chi connectivity index (χ0n) is 28.2. The smallest absolute Gasteiger partial charge is 0.157 e. The summed E-state index contributed by atoms with van der Waals surface area (Å²) in [4.78, 5) is 0. The van der Waals surface area contributed by atoms with E-state index in [1.807, 2.05) is 66.7 Å². The Hall–Kier alpha value is -2.75. The molecule has 5 nitrogen and oxygen atoms in total. The molecule has 0 bridgehead atoms. The van der Waals surface area contributed by atoms with Crippen LogP contribution >= 0.6 is 12.6 Å². The lowest BCUT2D eigenvalue weighted by Crippen LogP contribution is -2.78. The zero-order chi connectivity index (χ0) is 33.3. The number of ether oxygens (including phenoxy) is 4. The molecule has 7 heteroatoms. The van der Waals surface area contributed by atoms with Crippen LogP contribution in [0.2, 0.25) is 18.1 Å². The molecule has 5 atom stereocenters. The average molecular weight is 671 g/mol. The highest BCUT2D eigenvalue weighted by atomic mass is 32.1. The fourth-order valence-corrected chi connectivity index (χ4v) is 13.6. The number of aryl methyl sites for hydroxylation is 1. The van der Waals surface area contributed by atoms with Crippen LogP contribution in [0.25, 0.3) is 0 Å². The molecule has 0 saturated carbocycles. The summed E-state index contributed by atoms with van der Waals surface area (Å²) < 4.78 is 27.6. The van der Waals surface area contributed by atoms with Gasteiger partial charge in [-0.1, -0.05) is 160 Å². The van der Waals surface area contributed by atoms with Gasteiger partial charge < -0.3 is 24.1 Å². The molecule has 1 saturated heterocycles. The SMILES string of the molecule is CC[Si](CC)(CC)[C@@]1(S)O[C@H](CO)[C@@H](OCc2ccccc2)[C@H](OCc2ccccc2)[C@]1(OCc1ccc(C)cc1)c1ccccc1. The number of thiol groups is 1. The lowest BCUT2D eigenvalue weighted by molar-refractivity contribution is -0.313. The first kappa shape index (κ1) is 35.6. The Balaban J connectivity index is 1.74. The van der Waals surface area contributed by atoms with E-state index in [4.69, 9.17) is 31.6 Å². The third-order valence-electron chi connectivity index (χ3n) is 10.2. The van der Waals surface area contributed by atoms with Gasteiger partial charge in [-0.2, -0.15) is 0 Å². The van der Waals surface area contributed by atoms with Crippen molar-refractivity contribution < 1.29 is 24.1 Å². The predicted octanol–water partition coefficient (Wildman–Crippen LogP) is 8.64. The van der Waals surface area contributed by atoms with E-state index in [9.17, 15) is 5.11 Å². The van der Waals surface area contributed by atoms with Gasteiger partial charge in [-0.3, -0.25) is 0 Å². The molecule has 0 aliphatic carbocycles. The molecule has 5 rings (SSSR count). The Bertz CT molecular complexity index is 1490. The van der Waals surface area contributed by atoms with Gasteiger partial charge in [0.1, 0.15) is 30.9 Å². The molecular formula is C40H50O5SSi. The van der Waals surface area contributed by atoms with Crippen molar-refractivity contribution in [2.75, 3.05) is 6.61 Å². The van der Waals surface area contributed by atoms with Gasteiger partial charge in [0, 0.05) is 0 Å². The largest absolute Gasteiger partial charge is 0.394 e. The number of hydrogen-bond donors (Lipinski definition) is 2. The van der Waals surface area contributed by atoms with Crippen LogP contribution in [0.3, 0.4) is 0 Å². The van der Waals surface area contributed by atoms with Crippen LogP contribution in [-0.2, 0) is 44.4 Å². The normalized spacial score (nSPS) is 24.7. The maximum Gasteiger partial charge on any atom is 0.157 e. The molecular weight excluding hydrogens is 621 g/mol. The van der Waals surface area contributed by atoms with Crippen LogP contribution < -0.4 is 0 Å². The van der Waals surface area contributed by atoms with Gasteiger partial charge in [-0.25, -0.2) is 0 Å². The number of aliphatic hydroxyl groups is 1. The van der Waals surface area contributed by atoms with Crippen molar-refractivity contribution in [3.05, 3.63) is 143 Å². The maximum atomic E-state index is 11.0. The van der Waals surface area contributed by atoms with Gasteiger partial charge in [-0.05, 0) is 29.2 Å². The third kappa shape index (κ3) is 7.18. The van der Waals surface area contributed by atoms with Crippen LogP contribution in [0.4, 0.5) is 0 Å². The Morgan fingerprint density at radius 2 is 1.17 bits per heavy atom. The second kappa shape index (κ2) is 16.1. The molecule has 0 unspecified atom stereocenters. The minimum absolute atomic E-state index is 0.239. The number of hydrogen-bond acceptors (Lipinski definition) is 6. The minimum atomic E-state index is -2.46. The first-order valence-electron chi connectivity index (χ1n) is 16.9. The first-order valence-corrected chi connectivity index (χ1v) is 20.0. The topological polar surface area (TPSA) is 57.2 Å². The number of benzene rings is 4. The molecule has 0 amide bonds. The summed E-state index contributed by atoms with van der Waals surface area (Å²) in [5.74, 6) is 0. The van der Waals surface area contributed by atoms with Gasteiger partial charge in [0.2, 0.25) is 0 Å². The van der Waals surface area contributed by atoms with Crippen molar-refractivity contribution in [1.29, 1.82) is 0 Å². The predicted molar refractivity (Wildman–Crippen MR) is 195 cm³/mol. The average Bonchev–Trinajstić information content (AvgIpc) is 3.12. The molecule has 250 valence electrons. The molecule has 0 aromatic heterocycles. The molecule has 1 aliphatic heterocycles. The molecule has 0 radical (unpaired) electrons. The fraction of sp³-hybridized carbons (Fsp3) is 0.400. The molecule has 4 aromatic rings.